The van der Waals surface area contributed by atoms with Gasteiger partial charge in [-0.05, 0) is 150 Å². The molecule has 7 aromatic carbocycles. The van der Waals surface area contributed by atoms with Gasteiger partial charge in [0, 0.05) is 40.9 Å². The van der Waals surface area contributed by atoms with Gasteiger partial charge < -0.3 is 66.8 Å². The largest absolute Gasteiger partial charge is 0.491 e. The van der Waals surface area contributed by atoms with Gasteiger partial charge in [0.2, 0.25) is 11.6 Å². The number of hydrogen-bond acceptors (Lipinski definition) is 14. The van der Waals surface area contributed by atoms with Crippen LogP contribution in [0.3, 0.4) is 0 Å². The van der Waals surface area contributed by atoms with Gasteiger partial charge in [0.05, 0.1) is 46.2 Å². The lowest BCUT2D eigenvalue weighted by Gasteiger charge is -2.52. The highest BCUT2D eigenvalue weighted by Gasteiger charge is 2.60. The Morgan fingerprint density at radius 2 is 0.887 bits per heavy atom. The third-order valence-electron chi connectivity index (χ3n) is 18.5. The van der Waals surface area contributed by atoms with Gasteiger partial charge in [0.15, 0.2) is 39.8 Å². The Bertz CT molecular complexity index is 3820. The predicted molar refractivity (Wildman–Crippen MR) is 380 cm³/mol. The van der Waals surface area contributed by atoms with Crippen molar-refractivity contribution in [3.63, 3.8) is 0 Å². The van der Waals surface area contributed by atoms with Gasteiger partial charge in [-0.2, -0.15) is 0 Å². The SMILES string of the molecule is [2H]C([2H])(c1ccc(OCC)c(F)c1)c1cc([C@]2(OC)O[C@H](CO[Si](C)(C)C(C)(C)C)[C@@H](O)[C@H](O)[C@H]2O)ccc1Cl.[2H]C([2H])(c1ccc(OCC)c(F)c1)c1cc([C@]2(OC)O[C@H](CO[Si](C)(C)C(C)(C)C)[C@@H](OCc3ccccc3)[C@H](OCc3ccccc3)[C@H]2OCc2ccccc2)ccc1Cl. The van der Waals surface area contributed by atoms with Crippen LogP contribution in [0.5, 0.6) is 11.5 Å². The number of aliphatic hydroxyl groups is 3. The van der Waals surface area contributed by atoms with Crippen LogP contribution >= 0.6 is 23.2 Å². The van der Waals surface area contributed by atoms with Gasteiger partial charge in [-0.15, -0.1) is 0 Å². The zero-order valence-corrected chi connectivity index (χ0v) is 61.5. The minimum Gasteiger partial charge on any atom is -0.491 e. The van der Waals surface area contributed by atoms with Gasteiger partial charge in [-0.3, -0.25) is 0 Å². The van der Waals surface area contributed by atoms with Crippen LogP contribution in [-0.4, -0.2) is 121 Å². The van der Waals surface area contributed by atoms with E-state index in [0.717, 1.165) is 28.8 Å². The van der Waals surface area contributed by atoms with Crippen molar-refractivity contribution in [1.82, 2.24) is 0 Å². The van der Waals surface area contributed by atoms with Gasteiger partial charge >= 0.3 is 0 Å². The molecule has 2 aliphatic heterocycles. The number of benzene rings is 7. The van der Waals surface area contributed by atoms with Crippen molar-refractivity contribution in [2.24, 2.45) is 0 Å². The molecule has 0 spiro atoms. The second-order valence-electron chi connectivity index (χ2n) is 27.2. The number of rotatable bonds is 27. The van der Waals surface area contributed by atoms with Gasteiger partial charge in [-0.25, -0.2) is 8.78 Å². The molecule has 2 heterocycles. The monoisotopic (exact) mass is 1410 g/mol. The molecule has 0 bridgehead atoms. The summed E-state index contributed by atoms with van der Waals surface area (Å²) in [7, 11) is -1.82. The molecule has 20 heteroatoms. The summed E-state index contributed by atoms with van der Waals surface area (Å²) in [5.41, 5.74) is 3.45. The Balaban J connectivity index is 0.000000281. The molecule has 0 radical (unpaired) electrons. The fraction of sp³-hybridized carbons (Fsp3) is 0.455. The molecule has 2 fully saturated rings. The van der Waals surface area contributed by atoms with Crippen LogP contribution in [0.2, 0.25) is 46.3 Å². The maximum absolute atomic E-state index is 15.2. The maximum atomic E-state index is 15.2. The summed E-state index contributed by atoms with van der Waals surface area (Å²) in [5, 5.41) is 32.6. The highest BCUT2D eigenvalue weighted by atomic mass is 35.5. The molecule has 0 saturated carbocycles. The van der Waals surface area contributed by atoms with Crippen LogP contribution in [0, 0.1) is 11.6 Å². The van der Waals surface area contributed by atoms with Crippen molar-refractivity contribution in [2.45, 2.75) is 185 Å². The minimum atomic E-state index is -2.36. The van der Waals surface area contributed by atoms with E-state index in [1.165, 1.54) is 56.7 Å². The van der Waals surface area contributed by atoms with Crippen LogP contribution < -0.4 is 9.47 Å². The fourth-order valence-electron chi connectivity index (χ4n) is 10.8. The van der Waals surface area contributed by atoms with Crippen molar-refractivity contribution in [2.75, 3.05) is 40.6 Å². The summed E-state index contributed by atoms with van der Waals surface area (Å²) >= 11 is 13.3. The Labute approximate surface area is 590 Å². The minimum absolute atomic E-state index is 0.00235. The van der Waals surface area contributed by atoms with E-state index in [0.29, 0.717) is 5.56 Å². The summed E-state index contributed by atoms with van der Waals surface area (Å²) in [5.74, 6) is -5.11. The van der Waals surface area contributed by atoms with Gasteiger partial charge in [-0.1, -0.05) is 180 Å². The molecule has 0 unspecified atom stereocenters. The Kier molecular flexibility index (Phi) is 24.9. The van der Waals surface area contributed by atoms with E-state index in [9.17, 15) is 22.5 Å². The molecule has 2 saturated heterocycles. The zero-order valence-electron chi connectivity index (χ0n) is 62.0. The topological polar surface area (TPSA) is 162 Å². The molecule has 9 rings (SSSR count). The second kappa shape index (κ2) is 33.8. The summed E-state index contributed by atoms with van der Waals surface area (Å²) in [6.07, 6.45) is -13.9. The molecular formula is C77H98Cl2F2O14Si2. The molecule has 97 heavy (non-hydrogen) atoms. The first kappa shape index (κ1) is 71.4. The van der Waals surface area contributed by atoms with Crippen molar-refractivity contribution < 1.29 is 81.1 Å². The fourth-order valence-corrected chi connectivity index (χ4v) is 13.2. The van der Waals surface area contributed by atoms with Gasteiger partial charge in [0.25, 0.3) is 0 Å². The van der Waals surface area contributed by atoms with Crippen molar-refractivity contribution >= 4 is 39.8 Å². The number of halogens is 4. The lowest BCUT2D eigenvalue weighted by Crippen LogP contribution is -2.66. The van der Waals surface area contributed by atoms with E-state index >= 15 is 4.39 Å². The molecule has 10 atom stereocenters. The molecule has 0 amide bonds. The predicted octanol–water partition coefficient (Wildman–Crippen LogP) is 16.2. The van der Waals surface area contributed by atoms with Crippen molar-refractivity contribution in [3.05, 3.63) is 236 Å². The molecule has 14 nitrogen and oxygen atoms in total. The first-order valence-corrected chi connectivity index (χ1v) is 39.3. The van der Waals surface area contributed by atoms with E-state index in [1.807, 2.05) is 104 Å². The van der Waals surface area contributed by atoms with E-state index in [-0.39, 0.29) is 106 Å². The molecular weight excluding hydrogens is 1310 g/mol. The van der Waals surface area contributed by atoms with Crippen LogP contribution in [0.1, 0.15) is 111 Å². The summed E-state index contributed by atoms with van der Waals surface area (Å²) in [6, 6.07) is 46.6. The number of aliphatic hydroxyl groups excluding tert-OH is 3. The highest BCUT2D eigenvalue weighted by molar-refractivity contribution is 6.74. The van der Waals surface area contributed by atoms with Gasteiger partial charge in [0.1, 0.15) is 48.8 Å². The third-order valence-corrected chi connectivity index (χ3v) is 28.2. The average molecular weight is 1420 g/mol. The molecule has 0 aliphatic carbocycles. The number of ether oxygens (including phenoxy) is 9. The molecule has 7 aromatic rings. The maximum Gasteiger partial charge on any atom is 0.225 e. The lowest BCUT2D eigenvalue weighted by molar-refractivity contribution is -0.384. The van der Waals surface area contributed by atoms with E-state index in [1.54, 1.807) is 32.0 Å². The van der Waals surface area contributed by atoms with Crippen LogP contribution in [0.15, 0.2) is 164 Å². The summed E-state index contributed by atoms with van der Waals surface area (Å²) in [6.45, 7) is 25.9. The number of methoxy groups -OCH3 is 2. The Hall–Kier alpha value is -5.47. The first-order valence-electron chi connectivity index (χ1n) is 34.7. The van der Waals surface area contributed by atoms with Crippen LogP contribution in [0.25, 0.3) is 0 Å². The van der Waals surface area contributed by atoms with Crippen molar-refractivity contribution in [1.29, 1.82) is 0 Å². The van der Waals surface area contributed by atoms with Crippen LogP contribution in [-0.2, 0) is 86.2 Å². The van der Waals surface area contributed by atoms with Crippen molar-refractivity contribution in [3.8, 4) is 11.5 Å². The average Bonchev–Trinajstić information content (AvgIpc) is 0.743. The van der Waals surface area contributed by atoms with E-state index < -0.39 is 101 Å². The zero-order chi connectivity index (χ0) is 74.1. The lowest BCUT2D eigenvalue weighted by atomic mass is 9.86. The molecule has 0 aromatic heterocycles. The van der Waals surface area contributed by atoms with Crippen LogP contribution in [0.4, 0.5) is 8.78 Å². The third kappa shape index (κ3) is 18.9. The Morgan fingerprint density at radius 1 is 0.495 bits per heavy atom. The highest BCUT2D eigenvalue weighted by Crippen LogP contribution is 2.47. The normalized spacial score (nSPS) is 24.1. The molecule has 3 N–H and O–H groups in total. The summed E-state index contributed by atoms with van der Waals surface area (Å²) < 4.78 is 137. The quantitative estimate of drug-likeness (QED) is 0.0417. The van der Waals surface area contributed by atoms with E-state index in [4.69, 9.17) is 77.4 Å². The van der Waals surface area contributed by atoms with E-state index in [2.05, 4.69) is 54.6 Å². The number of hydrogen-bond donors (Lipinski definition) is 3. The first-order chi connectivity index (χ1) is 47.5. The Morgan fingerprint density at radius 3 is 1.29 bits per heavy atom. The second-order valence-corrected chi connectivity index (χ2v) is 37.6. The summed E-state index contributed by atoms with van der Waals surface area (Å²) in [4.78, 5) is 0. The smallest absolute Gasteiger partial charge is 0.225 e. The molecule has 2 aliphatic rings. The molecule has 526 valence electrons. The standard InChI is InChI=1S/C49H58ClFO7Si.C28H40ClFO7Si/c1-8-53-43-27-24-38(29-42(43)51)28-39-30-40(25-26-41(39)50)49(52-5)47(56-33-37-22-16-11-17-23-37)46(55-32-36-20-14-10-15-21-36)45(54-31-35-18-12-9-13-19-35)44(58-49)34-57-59(6,7)48(2,3)4;1-8-35-22-12-9-17(14-21(22)30)13-18-15-19(10-11-20(18)29)28(34-5)26(33)25(32)24(31)23(37-28)16-36-38(6,7)27(2,3)4/h9-27,29-30,44-47H,8,28,31-34H2,1-7H3;9-12,14-15,23-26,31-33H,8,13,16H2,1-7H3/t44-,45-,46+,47-,49+;23-,24-,25+,26-,28+/m11/s1/i28D2;13D2.